The van der Waals surface area contributed by atoms with E-state index in [1.807, 2.05) is 12.3 Å². The van der Waals surface area contributed by atoms with E-state index in [2.05, 4.69) is 26.1 Å². The van der Waals surface area contributed by atoms with Gasteiger partial charge in [-0.3, -0.25) is 4.79 Å². The lowest BCUT2D eigenvalue weighted by Crippen LogP contribution is -2.26. The first-order chi connectivity index (χ1) is 8.48. The van der Waals surface area contributed by atoms with Crippen molar-refractivity contribution in [1.29, 1.82) is 0 Å². The van der Waals surface area contributed by atoms with Gasteiger partial charge in [-0.2, -0.15) is 0 Å². The van der Waals surface area contributed by atoms with E-state index in [-0.39, 0.29) is 11.2 Å². The number of hydrogen-bond acceptors (Lipinski definition) is 3. The van der Waals surface area contributed by atoms with E-state index in [9.17, 15) is 4.79 Å². The Morgan fingerprint density at radius 2 is 2.11 bits per heavy atom. The molecular weight excluding hydrogens is 228 g/mol. The molecule has 4 nitrogen and oxygen atoms in total. The summed E-state index contributed by atoms with van der Waals surface area (Å²) < 4.78 is 7.10. The number of ether oxygens (including phenoxy) is 1. The van der Waals surface area contributed by atoms with Gasteiger partial charge in [0.25, 0.3) is 5.56 Å². The van der Waals surface area contributed by atoms with Crippen LogP contribution in [0.25, 0.3) is 0 Å². The minimum atomic E-state index is -0.120. The number of rotatable bonds is 7. The van der Waals surface area contributed by atoms with E-state index in [1.165, 1.54) is 0 Å². The number of nitrogens with one attached hydrogen (secondary N) is 1. The lowest BCUT2D eigenvalue weighted by Gasteiger charge is -2.23. The molecule has 0 aliphatic heterocycles. The highest BCUT2D eigenvalue weighted by Crippen LogP contribution is 2.13. The Labute approximate surface area is 109 Å². The number of nitrogens with zero attached hydrogens (tertiary/aromatic N) is 1. The van der Waals surface area contributed by atoms with Gasteiger partial charge in [-0.1, -0.05) is 6.92 Å². The summed E-state index contributed by atoms with van der Waals surface area (Å²) in [6.07, 6.45) is 3.75. The minimum absolute atomic E-state index is 0.0552. The van der Waals surface area contributed by atoms with E-state index in [0.717, 1.165) is 31.6 Å². The molecule has 1 N–H and O–H groups in total. The van der Waals surface area contributed by atoms with Crippen molar-refractivity contribution < 1.29 is 4.74 Å². The van der Waals surface area contributed by atoms with Crippen LogP contribution in [0.5, 0.6) is 0 Å². The van der Waals surface area contributed by atoms with Gasteiger partial charge in [0, 0.05) is 32.5 Å². The monoisotopic (exact) mass is 252 g/mol. The predicted molar refractivity (Wildman–Crippen MR) is 75.2 cm³/mol. The molecule has 4 heteroatoms. The summed E-state index contributed by atoms with van der Waals surface area (Å²) in [6.45, 7) is 7.77. The molecule has 0 radical (unpaired) electrons. The summed E-state index contributed by atoms with van der Waals surface area (Å²) in [5.74, 6) is 0. The first-order valence-corrected chi connectivity index (χ1v) is 6.48. The maximum Gasteiger partial charge on any atom is 0.250 e. The van der Waals surface area contributed by atoms with Crippen LogP contribution in [-0.4, -0.2) is 23.8 Å². The molecule has 0 unspecified atom stereocenters. The molecule has 0 aliphatic carbocycles. The van der Waals surface area contributed by atoms with Gasteiger partial charge in [-0.15, -0.1) is 0 Å². The Morgan fingerprint density at radius 3 is 2.72 bits per heavy atom. The maximum atomic E-state index is 11.6. The van der Waals surface area contributed by atoms with Crippen molar-refractivity contribution in [3.05, 3.63) is 28.7 Å². The molecule has 1 heterocycles. The summed E-state index contributed by atoms with van der Waals surface area (Å²) in [6, 6.07) is 3.44. The Kier molecular flexibility index (Phi) is 5.41. The molecule has 1 aromatic heterocycles. The third kappa shape index (κ3) is 4.53. The Hall–Kier alpha value is -1.29. The van der Waals surface area contributed by atoms with Gasteiger partial charge < -0.3 is 14.6 Å². The Bertz CT molecular complexity index is 424. The van der Waals surface area contributed by atoms with Gasteiger partial charge in [-0.25, -0.2) is 0 Å². The highest BCUT2D eigenvalue weighted by Gasteiger charge is 2.15. The lowest BCUT2D eigenvalue weighted by atomic mass is 10.1. The number of pyridine rings is 1. The Morgan fingerprint density at radius 1 is 1.39 bits per heavy atom. The summed E-state index contributed by atoms with van der Waals surface area (Å²) >= 11 is 0. The fourth-order valence-electron chi connectivity index (χ4n) is 1.66. The van der Waals surface area contributed by atoms with E-state index in [0.29, 0.717) is 0 Å². The van der Waals surface area contributed by atoms with Gasteiger partial charge in [0.2, 0.25) is 0 Å². The largest absolute Gasteiger partial charge is 0.384 e. The molecule has 0 fully saturated rings. The van der Waals surface area contributed by atoms with Gasteiger partial charge in [-0.05, 0) is 32.8 Å². The molecule has 0 saturated carbocycles. The number of methoxy groups -OCH3 is 1. The van der Waals surface area contributed by atoms with Crippen LogP contribution in [-0.2, 0) is 11.3 Å². The summed E-state index contributed by atoms with van der Waals surface area (Å²) in [5.41, 5.74) is 0.916. The topological polar surface area (TPSA) is 43.3 Å². The fourth-order valence-corrected chi connectivity index (χ4v) is 1.66. The number of anilines is 1. The van der Waals surface area contributed by atoms with Crippen LogP contribution in [0.2, 0.25) is 0 Å². The molecule has 0 amide bonds. The SMILES string of the molecule is CCCn1cc(NCCC(C)(C)OC)ccc1=O. The standard InChI is InChI=1S/C14H24N2O2/c1-5-10-16-11-12(6-7-13(16)17)15-9-8-14(2,3)18-4/h6-7,11,15H,5,8-10H2,1-4H3. The minimum Gasteiger partial charge on any atom is -0.384 e. The third-order valence-electron chi connectivity index (χ3n) is 3.06. The third-order valence-corrected chi connectivity index (χ3v) is 3.06. The van der Waals surface area contributed by atoms with Crippen molar-refractivity contribution in [3.8, 4) is 0 Å². The van der Waals surface area contributed by atoms with Crippen molar-refractivity contribution >= 4 is 5.69 Å². The van der Waals surface area contributed by atoms with E-state index in [1.54, 1.807) is 17.7 Å². The maximum absolute atomic E-state index is 11.6. The van der Waals surface area contributed by atoms with Crippen LogP contribution in [0.1, 0.15) is 33.6 Å². The molecule has 0 spiro atoms. The van der Waals surface area contributed by atoms with Gasteiger partial charge in [0.15, 0.2) is 0 Å². The highest BCUT2D eigenvalue weighted by molar-refractivity contribution is 5.40. The van der Waals surface area contributed by atoms with Crippen LogP contribution in [0.4, 0.5) is 5.69 Å². The van der Waals surface area contributed by atoms with Crippen LogP contribution >= 0.6 is 0 Å². The summed E-state index contributed by atoms with van der Waals surface area (Å²) in [7, 11) is 1.72. The van der Waals surface area contributed by atoms with Crippen molar-refractivity contribution in [1.82, 2.24) is 4.57 Å². The smallest absolute Gasteiger partial charge is 0.250 e. The first kappa shape index (κ1) is 14.8. The average molecular weight is 252 g/mol. The summed E-state index contributed by atoms with van der Waals surface area (Å²) in [5, 5.41) is 3.32. The number of aromatic nitrogens is 1. The van der Waals surface area contributed by atoms with Crippen LogP contribution in [0.15, 0.2) is 23.1 Å². The molecule has 0 bridgehead atoms. The van der Waals surface area contributed by atoms with Gasteiger partial charge >= 0.3 is 0 Å². The molecule has 102 valence electrons. The number of aryl methyl sites for hydroxylation is 1. The molecule has 18 heavy (non-hydrogen) atoms. The molecule has 0 aliphatic rings. The predicted octanol–water partition coefficient (Wildman–Crippen LogP) is 2.49. The van der Waals surface area contributed by atoms with Crippen LogP contribution in [0.3, 0.4) is 0 Å². The van der Waals surface area contributed by atoms with Crippen molar-refractivity contribution in [2.45, 2.75) is 45.8 Å². The second-order valence-electron chi connectivity index (χ2n) is 5.09. The quantitative estimate of drug-likeness (QED) is 0.810. The molecule has 0 atom stereocenters. The highest BCUT2D eigenvalue weighted by atomic mass is 16.5. The zero-order chi connectivity index (χ0) is 13.6. The van der Waals surface area contributed by atoms with E-state index in [4.69, 9.17) is 4.74 Å². The normalized spacial score (nSPS) is 11.6. The van der Waals surface area contributed by atoms with Crippen molar-refractivity contribution in [3.63, 3.8) is 0 Å². The van der Waals surface area contributed by atoms with Crippen LogP contribution in [0, 0.1) is 0 Å². The van der Waals surface area contributed by atoms with Crippen molar-refractivity contribution in [2.24, 2.45) is 0 Å². The zero-order valence-corrected chi connectivity index (χ0v) is 11.8. The molecule has 0 saturated heterocycles. The van der Waals surface area contributed by atoms with Gasteiger partial charge in [0.05, 0.1) is 11.3 Å². The average Bonchev–Trinajstić information content (AvgIpc) is 2.33. The molecule has 0 aromatic carbocycles. The van der Waals surface area contributed by atoms with Gasteiger partial charge in [0.1, 0.15) is 0 Å². The fraction of sp³-hybridized carbons (Fsp3) is 0.643. The number of hydrogen-bond donors (Lipinski definition) is 1. The lowest BCUT2D eigenvalue weighted by molar-refractivity contribution is 0.0185. The van der Waals surface area contributed by atoms with Crippen molar-refractivity contribution in [2.75, 3.05) is 19.0 Å². The van der Waals surface area contributed by atoms with Crippen LogP contribution < -0.4 is 10.9 Å². The summed E-state index contributed by atoms with van der Waals surface area (Å²) in [4.78, 5) is 11.6. The second kappa shape index (κ2) is 6.59. The molecular formula is C14H24N2O2. The van der Waals surface area contributed by atoms with E-state index >= 15 is 0 Å². The Balaban J connectivity index is 2.58. The van der Waals surface area contributed by atoms with E-state index < -0.39 is 0 Å². The molecule has 1 rings (SSSR count). The second-order valence-corrected chi connectivity index (χ2v) is 5.09. The molecule has 1 aromatic rings. The zero-order valence-electron chi connectivity index (χ0n) is 11.8. The first-order valence-electron chi connectivity index (χ1n) is 6.48.